The Morgan fingerprint density at radius 3 is 2.74 bits per heavy atom. The number of hydrogen-bond acceptors (Lipinski definition) is 1. The van der Waals surface area contributed by atoms with Crippen molar-refractivity contribution in [3.63, 3.8) is 0 Å². The fourth-order valence-corrected chi connectivity index (χ4v) is 2.76. The van der Waals surface area contributed by atoms with E-state index in [9.17, 15) is 0 Å². The molecule has 1 aromatic heterocycles. The van der Waals surface area contributed by atoms with Gasteiger partial charge in [0, 0.05) is 22.9 Å². The zero-order valence-corrected chi connectivity index (χ0v) is 13.7. The van der Waals surface area contributed by atoms with E-state index < -0.39 is 0 Å². The number of nitrogens with one attached hydrogen (secondary N) is 1. The minimum Gasteiger partial charge on any atom is -0.378 e. The van der Waals surface area contributed by atoms with Gasteiger partial charge in [0.05, 0.1) is 22.3 Å². The first-order valence-electron chi connectivity index (χ1n) is 6.15. The zero-order valence-electron chi connectivity index (χ0n) is 10.6. The molecule has 2 rings (SSSR count). The van der Waals surface area contributed by atoms with E-state index in [2.05, 4.69) is 51.1 Å². The quantitative estimate of drug-likeness (QED) is 0.688. The molecule has 0 aliphatic heterocycles. The molecule has 0 radical (unpaired) electrons. The second kappa shape index (κ2) is 6.69. The van der Waals surface area contributed by atoms with Crippen LogP contribution in [-0.2, 0) is 13.1 Å². The van der Waals surface area contributed by atoms with Crippen LogP contribution in [0.1, 0.15) is 19.0 Å². The lowest BCUT2D eigenvalue weighted by Gasteiger charge is -2.12. The van der Waals surface area contributed by atoms with Gasteiger partial charge in [0.15, 0.2) is 0 Å². The van der Waals surface area contributed by atoms with Crippen LogP contribution < -0.4 is 5.32 Å². The van der Waals surface area contributed by atoms with Crippen molar-refractivity contribution in [2.24, 2.45) is 0 Å². The van der Waals surface area contributed by atoms with Crippen LogP contribution in [-0.4, -0.2) is 4.57 Å². The van der Waals surface area contributed by atoms with Crippen LogP contribution >= 0.6 is 39.1 Å². The van der Waals surface area contributed by atoms with Gasteiger partial charge in [-0.25, -0.2) is 0 Å². The summed E-state index contributed by atoms with van der Waals surface area (Å²) in [6, 6.07) is 7.98. The minimum absolute atomic E-state index is 0.538. The van der Waals surface area contributed by atoms with Crippen LogP contribution in [0.4, 0.5) is 5.69 Å². The Balaban J connectivity index is 2.10. The molecule has 0 spiro atoms. The van der Waals surface area contributed by atoms with Gasteiger partial charge in [0.25, 0.3) is 0 Å². The highest BCUT2D eigenvalue weighted by molar-refractivity contribution is 9.10. The van der Waals surface area contributed by atoms with Crippen molar-refractivity contribution in [2.45, 2.75) is 26.4 Å². The van der Waals surface area contributed by atoms with Crippen LogP contribution in [0.5, 0.6) is 0 Å². The molecule has 0 saturated heterocycles. The summed E-state index contributed by atoms with van der Waals surface area (Å²) < 4.78 is 3.04. The second-order valence-corrected chi connectivity index (χ2v) is 5.88. The molecule has 5 heteroatoms. The summed E-state index contributed by atoms with van der Waals surface area (Å²) in [5.41, 5.74) is 2.08. The Kier molecular flexibility index (Phi) is 5.20. The number of aryl methyl sites for hydroxylation is 1. The third kappa shape index (κ3) is 3.47. The molecule has 0 bridgehead atoms. The number of halogens is 3. The maximum Gasteiger partial charge on any atom is 0.0835 e. The molecule has 1 heterocycles. The lowest BCUT2D eigenvalue weighted by atomic mass is 10.3. The maximum atomic E-state index is 6.21. The van der Waals surface area contributed by atoms with Gasteiger partial charge >= 0.3 is 0 Å². The van der Waals surface area contributed by atoms with Crippen molar-refractivity contribution >= 4 is 44.8 Å². The predicted octanol–water partition coefficient (Wildman–Crippen LogP) is 5.58. The van der Waals surface area contributed by atoms with E-state index in [0.717, 1.165) is 29.7 Å². The predicted molar refractivity (Wildman–Crippen MR) is 86.2 cm³/mol. The van der Waals surface area contributed by atoms with E-state index in [1.165, 1.54) is 5.69 Å². The standard InChI is InChI=1S/C14H15BrCl2N2/c1-2-7-19-8-3-4-10(19)9-18-12-6-5-11(15)13(16)14(12)17/h3-6,8,18H,2,7,9H2,1H3. The molecule has 1 aromatic carbocycles. The van der Waals surface area contributed by atoms with Gasteiger partial charge in [-0.05, 0) is 46.6 Å². The van der Waals surface area contributed by atoms with Crippen LogP contribution in [0, 0.1) is 0 Å². The molecule has 0 fully saturated rings. The topological polar surface area (TPSA) is 17.0 Å². The molecule has 0 unspecified atom stereocenters. The van der Waals surface area contributed by atoms with Crippen LogP contribution in [0.2, 0.25) is 10.0 Å². The number of aromatic nitrogens is 1. The van der Waals surface area contributed by atoms with Gasteiger partial charge < -0.3 is 9.88 Å². The lowest BCUT2D eigenvalue weighted by Crippen LogP contribution is -2.07. The zero-order chi connectivity index (χ0) is 13.8. The van der Waals surface area contributed by atoms with Crippen molar-refractivity contribution in [2.75, 3.05) is 5.32 Å². The van der Waals surface area contributed by atoms with Gasteiger partial charge in [-0.15, -0.1) is 0 Å². The SMILES string of the molecule is CCCn1cccc1CNc1ccc(Br)c(Cl)c1Cl. The summed E-state index contributed by atoms with van der Waals surface area (Å²) in [5.74, 6) is 0. The Hall–Kier alpha value is -0.640. The van der Waals surface area contributed by atoms with Gasteiger partial charge in [0.1, 0.15) is 0 Å². The number of anilines is 1. The van der Waals surface area contributed by atoms with Crippen molar-refractivity contribution < 1.29 is 0 Å². The third-order valence-electron chi connectivity index (χ3n) is 2.88. The first-order chi connectivity index (χ1) is 9.13. The number of hydrogen-bond donors (Lipinski definition) is 1. The Labute approximate surface area is 131 Å². The molecule has 102 valence electrons. The lowest BCUT2D eigenvalue weighted by molar-refractivity contribution is 0.654. The molecule has 2 nitrogen and oxygen atoms in total. The molecule has 0 aliphatic carbocycles. The van der Waals surface area contributed by atoms with Crippen molar-refractivity contribution in [1.82, 2.24) is 4.57 Å². The van der Waals surface area contributed by atoms with Crippen LogP contribution in [0.25, 0.3) is 0 Å². The molecular formula is C14H15BrCl2N2. The molecule has 0 saturated carbocycles. The van der Waals surface area contributed by atoms with Crippen LogP contribution in [0.3, 0.4) is 0 Å². The van der Waals surface area contributed by atoms with Gasteiger partial charge in [-0.1, -0.05) is 30.1 Å². The van der Waals surface area contributed by atoms with E-state index in [0.29, 0.717) is 10.0 Å². The third-order valence-corrected chi connectivity index (χ3v) is 4.65. The highest BCUT2D eigenvalue weighted by Crippen LogP contribution is 2.35. The molecule has 1 N–H and O–H groups in total. The summed E-state index contributed by atoms with van der Waals surface area (Å²) in [4.78, 5) is 0. The number of rotatable bonds is 5. The van der Waals surface area contributed by atoms with Crippen LogP contribution in [0.15, 0.2) is 34.9 Å². The summed E-state index contributed by atoms with van der Waals surface area (Å²) in [7, 11) is 0. The number of nitrogens with zero attached hydrogens (tertiary/aromatic N) is 1. The Morgan fingerprint density at radius 1 is 1.21 bits per heavy atom. The summed E-state index contributed by atoms with van der Waals surface area (Å²) in [6.07, 6.45) is 3.21. The van der Waals surface area contributed by atoms with Crippen molar-refractivity contribution in [3.8, 4) is 0 Å². The fourth-order valence-electron chi connectivity index (χ4n) is 1.92. The van der Waals surface area contributed by atoms with E-state index >= 15 is 0 Å². The van der Waals surface area contributed by atoms with Crippen molar-refractivity contribution in [3.05, 3.63) is 50.7 Å². The fraction of sp³-hybridized carbons (Fsp3) is 0.286. The molecule has 0 atom stereocenters. The second-order valence-electron chi connectivity index (χ2n) is 4.27. The molecule has 2 aromatic rings. The van der Waals surface area contributed by atoms with E-state index in [-0.39, 0.29) is 0 Å². The molecular weight excluding hydrogens is 347 g/mol. The Bertz CT molecular complexity index is 567. The molecule has 19 heavy (non-hydrogen) atoms. The summed E-state index contributed by atoms with van der Waals surface area (Å²) in [6.45, 7) is 3.92. The van der Waals surface area contributed by atoms with Gasteiger partial charge in [-0.3, -0.25) is 0 Å². The highest BCUT2D eigenvalue weighted by atomic mass is 79.9. The van der Waals surface area contributed by atoms with E-state index in [1.807, 2.05) is 12.1 Å². The van der Waals surface area contributed by atoms with Gasteiger partial charge in [-0.2, -0.15) is 0 Å². The van der Waals surface area contributed by atoms with E-state index in [1.54, 1.807) is 0 Å². The normalized spacial score (nSPS) is 10.7. The smallest absolute Gasteiger partial charge is 0.0835 e. The van der Waals surface area contributed by atoms with E-state index in [4.69, 9.17) is 23.2 Å². The average molecular weight is 362 g/mol. The summed E-state index contributed by atoms with van der Waals surface area (Å²) >= 11 is 15.7. The van der Waals surface area contributed by atoms with Gasteiger partial charge in [0.2, 0.25) is 0 Å². The van der Waals surface area contributed by atoms with Crippen molar-refractivity contribution in [1.29, 1.82) is 0 Å². The summed E-state index contributed by atoms with van der Waals surface area (Å²) in [5, 5.41) is 4.41. The largest absolute Gasteiger partial charge is 0.378 e. The molecule has 0 amide bonds. The highest BCUT2D eigenvalue weighted by Gasteiger charge is 2.08. The minimum atomic E-state index is 0.538. The first-order valence-corrected chi connectivity index (χ1v) is 7.69. The Morgan fingerprint density at radius 2 is 2.00 bits per heavy atom. The number of benzene rings is 1. The maximum absolute atomic E-state index is 6.21. The molecule has 0 aliphatic rings. The average Bonchev–Trinajstić information content (AvgIpc) is 2.83. The first kappa shape index (κ1) is 14.8. The monoisotopic (exact) mass is 360 g/mol.